The Hall–Kier alpha value is -3.66. The number of fused-ring (bicyclic) bond motifs is 2. The molecular weight excluding hydrogens is 498 g/mol. The van der Waals surface area contributed by atoms with E-state index >= 15 is 0 Å². The van der Waals surface area contributed by atoms with Crippen molar-refractivity contribution in [3.63, 3.8) is 0 Å². The van der Waals surface area contributed by atoms with E-state index in [2.05, 4.69) is 30.7 Å². The summed E-state index contributed by atoms with van der Waals surface area (Å²) in [5.41, 5.74) is 1.10. The third kappa shape index (κ3) is 5.24. The average Bonchev–Trinajstić information content (AvgIpc) is 2.81. The van der Waals surface area contributed by atoms with Gasteiger partial charge in [0.1, 0.15) is 12.1 Å². The molecule has 4 rings (SSSR count). The quantitative estimate of drug-likeness (QED) is 0.128. The Morgan fingerprint density at radius 3 is 1.97 bits per heavy atom. The lowest BCUT2D eigenvalue weighted by Gasteiger charge is -2.37. The van der Waals surface area contributed by atoms with Gasteiger partial charge in [0.05, 0.1) is 18.7 Å². The van der Waals surface area contributed by atoms with Crippen molar-refractivity contribution in [2.45, 2.75) is 23.9 Å². The number of hydrogen-bond donors (Lipinski definition) is 9. The summed E-state index contributed by atoms with van der Waals surface area (Å²) in [5, 5.41) is 83.7. The molecule has 0 spiro atoms. The molecule has 196 valence electrons. The topological polar surface area (TPSA) is 237 Å². The summed E-state index contributed by atoms with van der Waals surface area (Å²) in [7, 11) is 0. The molecule has 0 aliphatic carbocycles. The van der Waals surface area contributed by atoms with Crippen molar-refractivity contribution in [3.8, 4) is 23.8 Å². The zero-order valence-electron chi connectivity index (χ0n) is 18.6. The normalized spacial score (nSPS) is 20.2. The summed E-state index contributed by atoms with van der Waals surface area (Å²) in [6.45, 7) is -1.85. The third-order valence-electron chi connectivity index (χ3n) is 5.04. The van der Waals surface area contributed by atoms with Gasteiger partial charge in [-0.05, 0) is 24.3 Å². The summed E-state index contributed by atoms with van der Waals surface area (Å²) in [6.07, 6.45) is 6.54. The predicted molar refractivity (Wildman–Crippen MR) is 119 cm³/mol. The minimum atomic E-state index is -3.88. The van der Waals surface area contributed by atoms with Crippen LogP contribution in [0.25, 0.3) is 10.9 Å². The first-order chi connectivity index (χ1) is 17.2. The number of aromatic nitrogens is 2. The largest absolute Gasteiger partial charge is 0.429 e. The number of aliphatic hydroxyl groups is 8. The van der Waals surface area contributed by atoms with Crippen LogP contribution in [0.2, 0.25) is 0 Å². The SMILES string of the molecule is C#Cc1cccc(Nc2ncnc3cc4c(cc23)OC(O)(O)C(O)(O)OCCOC(O)(O)C(O)(O)O4)c1. The van der Waals surface area contributed by atoms with E-state index in [9.17, 15) is 40.9 Å². The lowest BCUT2D eigenvalue weighted by molar-refractivity contribution is -0.528. The van der Waals surface area contributed by atoms with Crippen LogP contribution in [-0.4, -0.2) is 87.9 Å². The molecule has 2 heterocycles. The maximum absolute atomic E-state index is 10.2. The highest BCUT2D eigenvalue weighted by Crippen LogP contribution is 2.40. The number of anilines is 2. The lowest BCUT2D eigenvalue weighted by Crippen LogP contribution is -2.62. The number of benzene rings is 2. The van der Waals surface area contributed by atoms with Crippen LogP contribution in [0, 0.1) is 12.3 Å². The summed E-state index contributed by atoms with van der Waals surface area (Å²) in [5.74, 6) is -14.3. The number of rotatable bonds is 2. The second-order valence-electron chi connectivity index (χ2n) is 7.72. The van der Waals surface area contributed by atoms with Gasteiger partial charge in [-0.2, -0.15) is 0 Å². The van der Waals surface area contributed by atoms with Crippen LogP contribution < -0.4 is 14.8 Å². The molecule has 0 unspecified atom stereocenters. The molecule has 0 saturated heterocycles. The minimum absolute atomic E-state index is 0.0373. The van der Waals surface area contributed by atoms with Crippen molar-refractivity contribution in [2.75, 3.05) is 18.5 Å². The van der Waals surface area contributed by atoms with Crippen LogP contribution in [0.3, 0.4) is 0 Å². The molecule has 0 atom stereocenters. The van der Waals surface area contributed by atoms with Gasteiger partial charge in [-0.3, -0.25) is 0 Å². The maximum Gasteiger partial charge on any atom is 0.409 e. The highest BCUT2D eigenvalue weighted by Gasteiger charge is 2.56. The molecular formula is C22H21N3O12. The zero-order valence-corrected chi connectivity index (χ0v) is 18.6. The van der Waals surface area contributed by atoms with E-state index < -0.39 is 48.6 Å². The fourth-order valence-corrected chi connectivity index (χ4v) is 3.14. The van der Waals surface area contributed by atoms with E-state index in [1.807, 2.05) is 0 Å². The first kappa shape index (κ1) is 26.4. The molecule has 9 N–H and O–H groups in total. The Kier molecular flexibility index (Phi) is 6.66. The predicted octanol–water partition coefficient (Wildman–Crippen LogP) is -2.29. The minimum Gasteiger partial charge on any atom is -0.429 e. The molecule has 0 bridgehead atoms. The number of ether oxygens (including phenoxy) is 4. The second-order valence-corrected chi connectivity index (χ2v) is 7.72. The van der Waals surface area contributed by atoms with E-state index in [4.69, 9.17) is 15.9 Å². The zero-order chi connectivity index (χ0) is 27.1. The fraction of sp³-hybridized carbons (Fsp3) is 0.273. The van der Waals surface area contributed by atoms with Crippen LogP contribution in [-0.2, 0) is 9.47 Å². The van der Waals surface area contributed by atoms with Gasteiger partial charge < -0.3 is 65.1 Å². The summed E-state index contributed by atoms with van der Waals surface area (Å²) < 4.78 is 18.7. The van der Waals surface area contributed by atoms with Gasteiger partial charge in [0.2, 0.25) is 0 Å². The maximum atomic E-state index is 10.2. The highest BCUT2D eigenvalue weighted by molar-refractivity contribution is 5.93. The van der Waals surface area contributed by atoms with Gasteiger partial charge in [0, 0.05) is 22.7 Å². The molecule has 0 saturated carbocycles. The van der Waals surface area contributed by atoms with E-state index in [1.54, 1.807) is 24.3 Å². The number of nitrogens with one attached hydrogen (secondary N) is 1. The Bertz CT molecular complexity index is 1350. The molecule has 0 radical (unpaired) electrons. The van der Waals surface area contributed by atoms with Gasteiger partial charge in [-0.1, -0.05) is 12.0 Å². The Balaban J connectivity index is 1.86. The molecule has 15 nitrogen and oxygen atoms in total. The summed E-state index contributed by atoms with van der Waals surface area (Å²) in [4.78, 5) is 8.13. The Morgan fingerprint density at radius 1 is 0.784 bits per heavy atom. The fourth-order valence-electron chi connectivity index (χ4n) is 3.14. The molecule has 15 heteroatoms. The van der Waals surface area contributed by atoms with Gasteiger partial charge in [0.25, 0.3) is 0 Å². The Labute approximate surface area is 207 Å². The molecule has 3 aromatic rings. The summed E-state index contributed by atoms with van der Waals surface area (Å²) in [6, 6.07) is 8.63. The van der Waals surface area contributed by atoms with Crippen molar-refractivity contribution in [2.24, 2.45) is 0 Å². The monoisotopic (exact) mass is 519 g/mol. The molecule has 0 amide bonds. The number of hydrogen-bond acceptors (Lipinski definition) is 15. The van der Waals surface area contributed by atoms with Gasteiger partial charge in [-0.25, -0.2) is 9.97 Å². The standard InChI is InChI=1S/C22H21N3O12/c1-2-12-4-3-5-13(8-12)25-18-14-9-16-17(10-15(14)23-11-24-18)37-22(32,33)20(28,29)35-7-6-34-19(26,27)21(30,31)36-16/h1,3-5,8-11,26-33H,6-7H2,(H,23,24,25). The highest BCUT2D eigenvalue weighted by atomic mass is 16.9. The number of nitrogens with zero attached hydrogens (tertiary/aromatic N) is 2. The lowest BCUT2D eigenvalue weighted by atomic mass is 10.1. The third-order valence-corrected chi connectivity index (χ3v) is 5.04. The van der Waals surface area contributed by atoms with Gasteiger partial charge in [0.15, 0.2) is 11.5 Å². The van der Waals surface area contributed by atoms with E-state index in [0.29, 0.717) is 11.3 Å². The molecule has 2 aromatic carbocycles. The van der Waals surface area contributed by atoms with Crippen molar-refractivity contribution < 1.29 is 59.8 Å². The average molecular weight is 519 g/mol. The van der Waals surface area contributed by atoms with E-state index in [1.165, 1.54) is 0 Å². The molecule has 1 aliphatic rings. The van der Waals surface area contributed by atoms with Crippen LogP contribution >= 0.6 is 0 Å². The Morgan fingerprint density at radius 2 is 1.38 bits per heavy atom. The van der Waals surface area contributed by atoms with Gasteiger partial charge in [-0.15, -0.1) is 6.42 Å². The van der Waals surface area contributed by atoms with Crippen molar-refractivity contribution in [1.82, 2.24) is 9.97 Å². The molecule has 1 aromatic heterocycles. The van der Waals surface area contributed by atoms with E-state index in [0.717, 1.165) is 18.5 Å². The van der Waals surface area contributed by atoms with Crippen LogP contribution in [0.5, 0.6) is 11.5 Å². The van der Waals surface area contributed by atoms with Crippen molar-refractivity contribution >= 4 is 22.4 Å². The first-order valence-corrected chi connectivity index (χ1v) is 10.3. The molecule has 37 heavy (non-hydrogen) atoms. The summed E-state index contributed by atoms with van der Waals surface area (Å²) >= 11 is 0. The number of terminal acetylenes is 1. The van der Waals surface area contributed by atoms with Crippen molar-refractivity contribution in [1.29, 1.82) is 0 Å². The second kappa shape index (κ2) is 9.33. The van der Waals surface area contributed by atoms with Crippen LogP contribution in [0.15, 0.2) is 42.7 Å². The smallest absolute Gasteiger partial charge is 0.409 e. The van der Waals surface area contributed by atoms with Crippen LogP contribution in [0.4, 0.5) is 11.5 Å². The molecule has 0 fully saturated rings. The van der Waals surface area contributed by atoms with Crippen molar-refractivity contribution in [3.05, 3.63) is 48.3 Å². The molecule has 1 aliphatic heterocycles. The van der Waals surface area contributed by atoms with E-state index in [-0.39, 0.29) is 16.7 Å². The first-order valence-electron chi connectivity index (χ1n) is 10.3. The van der Waals surface area contributed by atoms with Crippen LogP contribution in [0.1, 0.15) is 5.56 Å². The van der Waals surface area contributed by atoms with Gasteiger partial charge >= 0.3 is 23.9 Å².